The molecule has 158 valence electrons. The number of carbonyl (C=O) groups is 1. The zero-order chi connectivity index (χ0) is 22.9. The van der Waals surface area contributed by atoms with Crippen LogP contribution in [0.25, 0.3) is 0 Å². The predicted octanol–water partition coefficient (Wildman–Crippen LogP) is 3.92. The fraction of sp³-hybridized carbons (Fsp3) is 0.0833. The van der Waals surface area contributed by atoms with E-state index in [9.17, 15) is 14.4 Å². The zero-order valence-corrected chi connectivity index (χ0v) is 17.0. The molecule has 32 heavy (non-hydrogen) atoms. The SMILES string of the molecule is COc1cc(/C=N\NC(=O)c2ccc(C#N)cc2F)ccc1OCc1ccccc1C#N. The van der Waals surface area contributed by atoms with Crippen molar-refractivity contribution in [2.75, 3.05) is 7.11 Å². The first-order chi connectivity index (χ1) is 15.5. The van der Waals surface area contributed by atoms with Gasteiger partial charge < -0.3 is 9.47 Å². The van der Waals surface area contributed by atoms with Crippen molar-refractivity contribution in [1.82, 2.24) is 5.43 Å². The zero-order valence-electron chi connectivity index (χ0n) is 17.0. The van der Waals surface area contributed by atoms with Crippen LogP contribution in [0, 0.1) is 28.5 Å². The van der Waals surface area contributed by atoms with E-state index in [1.807, 2.05) is 12.1 Å². The minimum absolute atomic E-state index is 0.119. The van der Waals surface area contributed by atoms with Crippen molar-refractivity contribution in [2.24, 2.45) is 5.10 Å². The molecule has 0 atom stereocenters. The van der Waals surface area contributed by atoms with Crippen LogP contribution >= 0.6 is 0 Å². The average Bonchev–Trinajstić information content (AvgIpc) is 2.82. The Morgan fingerprint density at radius 1 is 1.09 bits per heavy atom. The van der Waals surface area contributed by atoms with Crippen LogP contribution < -0.4 is 14.9 Å². The van der Waals surface area contributed by atoms with Gasteiger partial charge in [0.05, 0.1) is 42.2 Å². The first-order valence-electron chi connectivity index (χ1n) is 9.37. The van der Waals surface area contributed by atoms with Crippen LogP contribution in [-0.4, -0.2) is 19.2 Å². The lowest BCUT2D eigenvalue weighted by Gasteiger charge is -2.12. The topological polar surface area (TPSA) is 108 Å². The molecule has 3 aromatic rings. The van der Waals surface area contributed by atoms with Crippen molar-refractivity contribution < 1.29 is 18.7 Å². The van der Waals surface area contributed by atoms with Gasteiger partial charge in [-0.3, -0.25) is 4.79 Å². The van der Waals surface area contributed by atoms with Crippen molar-refractivity contribution in [3.63, 3.8) is 0 Å². The average molecular weight is 428 g/mol. The number of nitrogens with zero attached hydrogens (tertiary/aromatic N) is 3. The normalized spacial score (nSPS) is 10.2. The standard InChI is InChI=1S/C24H17FN4O3/c1-31-23-11-17(7-9-22(23)32-15-19-5-3-2-4-18(19)13-27)14-28-29-24(30)20-8-6-16(12-26)10-21(20)25/h2-11,14H,15H2,1H3,(H,29,30)/b28-14-. The Hall–Kier alpha value is -4.69. The Bertz CT molecular complexity index is 1260. The maximum atomic E-state index is 13.9. The van der Waals surface area contributed by atoms with E-state index in [-0.39, 0.29) is 17.7 Å². The van der Waals surface area contributed by atoms with Gasteiger partial charge in [0.2, 0.25) is 0 Å². The molecule has 1 N–H and O–H groups in total. The van der Waals surface area contributed by atoms with Gasteiger partial charge >= 0.3 is 0 Å². The van der Waals surface area contributed by atoms with Crippen LogP contribution in [-0.2, 0) is 6.61 Å². The number of benzene rings is 3. The molecule has 8 heteroatoms. The molecule has 3 aromatic carbocycles. The molecule has 0 fully saturated rings. The molecule has 7 nitrogen and oxygen atoms in total. The van der Waals surface area contributed by atoms with Gasteiger partial charge in [-0.25, -0.2) is 9.82 Å². The second-order valence-electron chi connectivity index (χ2n) is 6.47. The van der Waals surface area contributed by atoms with Crippen LogP contribution in [0.15, 0.2) is 65.8 Å². The first kappa shape index (κ1) is 22.0. The Morgan fingerprint density at radius 3 is 2.62 bits per heavy atom. The molecule has 0 aliphatic heterocycles. The highest BCUT2D eigenvalue weighted by Crippen LogP contribution is 2.28. The lowest BCUT2D eigenvalue weighted by molar-refractivity contribution is 0.0951. The monoisotopic (exact) mass is 428 g/mol. The number of carbonyl (C=O) groups excluding carboxylic acids is 1. The highest BCUT2D eigenvalue weighted by Gasteiger charge is 2.12. The third kappa shape index (κ3) is 5.26. The summed E-state index contributed by atoms with van der Waals surface area (Å²) in [5.41, 5.74) is 4.02. The molecule has 0 aliphatic carbocycles. The Balaban J connectivity index is 1.66. The molecule has 0 aromatic heterocycles. The fourth-order valence-corrected chi connectivity index (χ4v) is 2.79. The van der Waals surface area contributed by atoms with Crippen LogP contribution in [0.5, 0.6) is 11.5 Å². The van der Waals surface area contributed by atoms with E-state index in [1.165, 1.54) is 25.5 Å². The van der Waals surface area contributed by atoms with Gasteiger partial charge in [-0.05, 0) is 48.0 Å². The molecule has 0 saturated heterocycles. The molecule has 0 radical (unpaired) electrons. The lowest BCUT2D eigenvalue weighted by Crippen LogP contribution is -2.19. The van der Waals surface area contributed by atoms with Crippen LogP contribution in [0.1, 0.15) is 32.6 Å². The van der Waals surface area contributed by atoms with E-state index >= 15 is 0 Å². The number of nitriles is 2. The summed E-state index contributed by atoms with van der Waals surface area (Å²) in [7, 11) is 1.49. The fourth-order valence-electron chi connectivity index (χ4n) is 2.79. The highest BCUT2D eigenvalue weighted by atomic mass is 19.1. The number of ether oxygens (including phenoxy) is 2. The van der Waals surface area contributed by atoms with E-state index in [0.717, 1.165) is 11.6 Å². The lowest BCUT2D eigenvalue weighted by atomic mass is 10.1. The van der Waals surface area contributed by atoms with Gasteiger partial charge in [0, 0.05) is 5.56 Å². The Kier molecular flexibility index (Phi) is 7.13. The van der Waals surface area contributed by atoms with Gasteiger partial charge in [-0.15, -0.1) is 0 Å². The van der Waals surface area contributed by atoms with Crippen LogP contribution in [0.4, 0.5) is 4.39 Å². The van der Waals surface area contributed by atoms with E-state index in [2.05, 4.69) is 16.6 Å². The number of amides is 1. The van der Waals surface area contributed by atoms with E-state index < -0.39 is 11.7 Å². The molecule has 3 rings (SSSR count). The van der Waals surface area contributed by atoms with Crippen molar-refractivity contribution in [1.29, 1.82) is 10.5 Å². The molecule has 0 bridgehead atoms. The summed E-state index contributed by atoms with van der Waals surface area (Å²) in [5.74, 6) is -0.641. The van der Waals surface area contributed by atoms with Gasteiger partial charge in [0.15, 0.2) is 11.5 Å². The third-order valence-electron chi connectivity index (χ3n) is 4.43. The number of hydrazone groups is 1. The number of methoxy groups -OCH3 is 1. The molecule has 0 heterocycles. The van der Waals surface area contributed by atoms with E-state index in [0.29, 0.717) is 22.6 Å². The molecule has 1 amide bonds. The van der Waals surface area contributed by atoms with Crippen molar-refractivity contribution in [2.45, 2.75) is 6.61 Å². The smallest absolute Gasteiger partial charge is 0.274 e. The maximum absolute atomic E-state index is 13.9. The third-order valence-corrected chi connectivity index (χ3v) is 4.43. The Labute approximate surface area is 183 Å². The number of rotatable bonds is 7. The van der Waals surface area contributed by atoms with Gasteiger partial charge in [0.25, 0.3) is 5.91 Å². The summed E-state index contributed by atoms with van der Waals surface area (Å²) in [5, 5.41) is 21.8. The van der Waals surface area contributed by atoms with E-state index in [1.54, 1.807) is 36.4 Å². The molecular formula is C24H17FN4O3. The first-order valence-corrected chi connectivity index (χ1v) is 9.37. The molecular weight excluding hydrogens is 411 g/mol. The second-order valence-corrected chi connectivity index (χ2v) is 6.47. The summed E-state index contributed by atoms with van der Waals surface area (Å²) < 4.78 is 25.1. The van der Waals surface area contributed by atoms with Gasteiger partial charge in [-0.2, -0.15) is 15.6 Å². The number of nitrogens with one attached hydrogen (secondary N) is 1. The summed E-state index contributed by atoms with van der Waals surface area (Å²) in [6, 6.07) is 19.6. The van der Waals surface area contributed by atoms with Gasteiger partial charge in [-0.1, -0.05) is 18.2 Å². The highest BCUT2D eigenvalue weighted by molar-refractivity contribution is 5.95. The quantitative estimate of drug-likeness (QED) is 0.453. The second kappa shape index (κ2) is 10.4. The minimum atomic E-state index is -0.808. The van der Waals surface area contributed by atoms with Crippen molar-refractivity contribution in [3.8, 4) is 23.6 Å². The van der Waals surface area contributed by atoms with Crippen LogP contribution in [0.3, 0.4) is 0 Å². The number of hydrogen-bond acceptors (Lipinski definition) is 6. The summed E-state index contributed by atoms with van der Waals surface area (Å²) in [6.45, 7) is 0.194. The number of halogens is 1. The van der Waals surface area contributed by atoms with Crippen molar-refractivity contribution in [3.05, 3.63) is 94.3 Å². The largest absolute Gasteiger partial charge is 0.493 e. The summed E-state index contributed by atoms with van der Waals surface area (Å²) in [6.07, 6.45) is 1.37. The Morgan fingerprint density at radius 2 is 1.91 bits per heavy atom. The molecule has 0 saturated carbocycles. The summed E-state index contributed by atoms with van der Waals surface area (Å²) >= 11 is 0. The van der Waals surface area contributed by atoms with Crippen molar-refractivity contribution >= 4 is 12.1 Å². The van der Waals surface area contributed by atoms with E-state index in [4.69, 9.17) is 14.7 Å². The van der Waals surface area contributed by atoms with Crippen LogP contribution in [0.2, 0.25) is 0 Å². The predicted molar refractivity (Wildman–Crippen MR) is 115 cm³/mol. The minimum Gasteiger partial charge on any atom is -0.493 e. The summed E-state index contributed by atoms with van der Waals surface area (Å²) in [4.78, 5) is 12.1. The number of hydrogen-bond donors (Lipinski definition) is 1. The molecule has 0 aliphatic rings. The molecule has 0 unspecified atom stereocenters. The van der Waals surface area contributed by atoms with Gasteiger partial charge in [0.1, 0.15) is 12.4 Å². The molecule has 0 spiro atoms. The maximum Gasteiger partial charge on any atom is 0.274 e.